The second-order valence-electron chi connectivity index (χ2n) is 4.95. The SMILES string of the molecule is COCCOCCOc1c([C@@H](C)N)ccc2ccccc12. The van der Waals surface area contributed by atoms with Gasteiger partial charge in [-0.3, -0.25) is 0 Å². The van der Waals surface area contributed by atoms with Gasteiger partial charge in [0.15, 0.2) is 0 Å². The maximum Gasteiger partial charge on any atom is 0.131 e. The van der Waals surface area contributed by atoms with Gasteiger partial charge in [0, 0.05) is 24.1 Å². The molecule has 0 amide bonds. The summed E-state index contributed by atoms with van der Waals surface area (Å²) in [6, 6.07) is 12.2. The molecule has 2 aromatic rings. The molecule has 0 aliphatic carbocycles. The van der Waals surface area contributed by atoms with Crippen LogP contribution in [0.4, 0.5) is 0 Å². The molecule has 0 unspecified atom stereocenters. The third-order valence-electron chi connectivity index (χ3n) is 3.31. The molecule has 0 saturated heterocycles. The molecule has 4 heteroatoms. The summed E-state index contributed by atoms with van der Waals surface area (Å²) in [6.07, 6.45) is 0. The Bertz CT molecular complexity index is 569. The molecular formula is C17H23NO3. The Morgan fingerprint density at radius 1 is 1.00 bits per heavy atom. The number of hydrogen-bond acceptors (Lipinski definition) is 4. The first kappa shape index (κ1) is 15.8. The van der Waals surface area contributed by atoms with Crippen molar-refractivity contribution in [2.45, 2.75) is 13.0 Å². The summed E-state index contributed by atoms with van der Waals surface area (Å²) >= 11 is 0. The van der Waals surface area contributed by atoms with Gasteiger partial charge in [0.25, 0.3) is 0 Å². The van der Waals surface area contributed by atoms with Crippen LogP contribution in [0.25, 0.3) is 10.8 Å². The maximum absolute atomic E-state index is 6.05. The number of benzene rings is 2. The fraction of sp³-hybridized carbons (Fsp3) is 0.412. The molecule has 0 radical (unpaired) electrons. The first-order valence-corrected chi connectivity index (χ1v) is 7.20. The molecule has 2 rings (SSSR count). The molecule has 0 spiro atoms. The molecule has 4 nitrogen and oxygen atoms in total. The Morgan fingerprint density at radius 2 is 1.76 bits per heavy atom. The topological polar surface area (TPSA) is 53.7 Å². The third-order valence-corrected chi connectivity index (χ3v) is 3.31. The van der Waals surface area contributed by atoms with E-state index in [-0.39, 0.29) is 6.04 Å². The first-order valence-electron chi connectivity index (χ1n) is 7.20. The smallest absolute Gasteiger partial charge is 0.131 e. The van der Waals surface area contributed by atoms with Crippen LogP contribution in [0.15, 0.2) is 36.4 Å². The largest absolute Gasteiger partial charge is 0.490 e. The number of methoxy groups -OCH3 is 1. The Labute approximate surface area is 125 Å². The number of nitrogens with two attached hydrogens (primary N) is 1. The van der Waals surface area contributed by atoms with Crippen molar-refractivity contribution in [3.8, 4) is 5.75 Å². The van der Waals surface area contributed by atoms with Crippen molar-refractivity contribution in [3.63, 3.8) is 0 Å². The summed E-state index contributed by atoms with van der Waals surface area (Å²) in [7, 11) is 1.66. The van der Waals surface area contributed by atoms with Crippen LogP contribution in [0.5, 0.6) is 5.75 Å². The lowest BCUT2D eigenvalue weighted by Crippen LogP contribution is -2.13. The molecule has 0 aliphatic heterocycles. The lowest BCUT2D eigenvalue weighted by molar-refractivity contribution is 0.0545. The molecule has 0 fully saturated rings. The van der Waals surface area contributed by atoms with E-state index in [1.165, 1.54) is 0 Å². The van der Waals surface area contributed by atoms with Crippen LogP contribution < -0.4 is 10.5 Å². The predicted octanol–water partition coefficient (Wildman–Crippen LogP) is 2.90. The normalized spacial score (nSPS) is 12.5. The average molecular weight is 289 g/mol. The lowest BCUT2D eigenvalue weighted by atomic mass is 10.0. The zero-order valence-electron chi connectivity index (χ0n) is 12.7. The zero-order valence-corrected chi connectivity index (χ0v) is 12.7. The highest BCUT2D eigenvalue weighted by Gasteiger charge is 2.12. The van der Waals surface area contributed by atoms with Crippen LogP contribution in [-0.4, -0.2) is 33.5 Å². The van der Waals surface area contributed by atoms with Gasteiger partial charge >= 0.3 is 0 Å². The first-order chi connectivity index (χ1) is 10.2. The van der Waals surface area contributed by atoms with E-state index in [4.69, 9.17) is 19.9 Å². The van der Waals surface area contributed by atoms with Crippen molar-refractivity contribution < 1.29 is 14.2 Å². The van der Waals surface area contributed by atoms with Crippen LogP contribution in [0.1, 0.15) is 18.5 Å². The fourth-order valence-electron chi connectivity index (χ4n) is 2.23. The van der Waals surface area contributed by atoms with Crippen molar-refractivity contribution in [2.75, 3.05) is 33.5 Å². The standard InChI is InChI=1S/C17H23NO3/c1-13(18)15-8-7-14-5-3-4-6-16(14)17(15)21-12-11-20-10-9-19-2/h3-8,13H,9-12,18H2,1-2H3/t13-/m1/s1. The van der Waals surface area contributed by atoms with E-state index in [9.17, 15) is 0 Å². The summed E-state index contributed by atoms with van der Waals surface area (Å²) in [5, 5.41) is 2.24. The number of ether oxygens (including phenoxy) is 3. The summed E-state index contributed by atoms with van der Waals surface area (Å²) in [6.45, 7) is 4.17. The summed E-state index contributed by atoms with van der Waals surface area (Å²) < 4.78 is 16.3. The molecular weight excluding hydrogens is 266 g/mol. The van der Waals surface area contributed by atoms with E-state index < -0.39 is 0 Å². The minimum Gasteiger partial charge on any atom is -0.490 e. The summed E-state index contributed by atoms with van der Waals surface area (Å²) in [5.74, 6) is 0.860. The van der Waals surface area contributed by atoms with Gasteiger partial charge in [-0.05, 0) is 12.3 Å². The van der Waals surface area contributed by atoms with Crippen molar-refractivity contribution in [1.29, 1.82) is 0 Å². The predicted molar refractivity (Wildman–Crippen MR) is 84.7 cm³/mol. The van der Waals surface area contributed by atoms with Crippen molar-refractivity contribution >= 4 is 10.8 Å². The minimum absolute atomic E-state index is 0.0704. The number of rotatable bonds is 8. The van der Waals surface area contributed by atoms with Gasteiger partial charge in [-0.1, -0.05) is 36.4 Å². The number of fused-ring (bicyclic) bond motifs is 1. The molecule has 0 bridgehead atoms. The van der Waals surface area contributed by atoms with E-state index in [2.05, 4.69) is 18.2 Å². The van der Waals surface area contributed by atoms with Gasteiger partial charge in [0.1, 0.15) is 12.4 Å². The summed E-state index contributed by atoms with van der Waals surface area (Å²) in [5.41, 5.74) is 7.07. The van der Waals surface area contributed by atoms with Crippen molar-refractivity contribution in [1.82, 2.24) is 0 Å². The van der Waals surface area contributed by atoms with Gasteiger partial charge in [-0.25, -0.2) is 0 Å². The van der Waals surface area contributed by atoms with Gasteiger partial charge in [0.05, 0.1) is 19.8 Å². The Morgan fingerprint density at radius 3 is 2.52 bits per heavy atom. The van der Waals surface area contributed by atoms with Crippen LogP contribution in [0.3, 0.4) is 0 Å². The van der Waals surface area contributed by atoms with E-state index in [0.29, 0.717) is 26.4 Å². The van der Waals surface area contributed by atoms with E-state index in [1.807, 2.05) is 25.1 Å². The Hall–Kier alpha value is -1.62. The second-order valence-corrected chi connectivity index (χ2v) is 4.95. The van der Waals surface area contributed by atoms with Gasteiger partial charge < -0.3 is 19.9 Å². The van der Waals surface area contributed by atoms with Crippen LogP contribution in [0, 0.1) is 0 Å². The van der Waals surface area contributed by atoms with Gasteiger partial charge in [0.2, 0.25) is 0 Å². The third kappa shape index (κ3) is 4.17. The van der Waals surface area contributed by atoms with Gasteiger partial charge in [-0.2, -0.15) is 0 Å². The second kappa shape index (κ2) is 7.98. The van der Waals surface area contributed by atoms with Crippen LogP contribution in [-0.2, 0) is 9.47 Å². The highest BCUT2D eigenvalue weighted by atomic mass is 16.5. The Balaban J connectivity index is 2.10. The molecule has 0 heterocycles. The van der Waals surface area contributed by atoms with Crippen LogP contribution in [0.2, 0.25) is 0 Å². The number of hydrogen-bond donors (Lipinski definition) is 1. The van der Waals surface area contributed by atoms with Crippen molar-refractivity contribution in [2.24, 2.45) is 5.73 Å². The molecule has 0 aromatic heterocycles. The minimum atomic E-state index is -0.0704. The van der Waals surface area contributed by atoms with Crippen molar-refractivity contribution in [3.05, 3.63) is 42.0 Å². The zero-order chi connectivity index (χ0) is 15.1. The highest BCUT2D eigenvalue weighted by molar-refractivity contribution is 5.89. The monoisotopic (exact) mass is 289 g/mol. The molecule has 21 heavy (non-hydrogen) atoms. The summed E-state index contributed by atoms with van der Waals surface area (Å²) in [4.78, 5) is 0. The highest BCUT2D eigenvalue weighted by Crippen LogP contribution is 2.32. The molecule has 1 atom stereocenters. The lowest BCUT2D eigenvalue weighted by Gasteiger charge is -2.16. The molecule has 114 valence electrons. The quantitative estimate of drug-likeness (QED) is 0.759. The fourth-order valence-corrected chi connectivity index (χ4v) is 2.23. The molecule has 0 saturated carbocycles. The average Bonchev–Trinajstić information content (AvgIpc) is 2.50. The van der Waals surface area contributed by atoms with Gasteiger partial charge in [-0.15, -0.1) is 0 Å². The molecule has 0 aliphatic rings. The van der Waals surface area contributed by atoms with E-state index in [0.717, 1.165) is 22.1 Å². The van der Waals surface area contributed by atoms with Crippen LogP contribution >= 0.6 is 0 Å². The maximum atomic E-state index is 6.05. The Kier molecular flexibility index (Phi) is 5.99. The molecule has 2 aromatic carbocycles. The van der Waals surface area contributed by atoms with E-state index >= 15 is 0 Å². The molecule has 2 N–H and O–H groups in total. The van der Waals surface area contributed by atoms with E-state index in [1.54, 1.807) is 7.11 Å².